The van der Waals surface area contributed by atoms with Gasteiger partial charge < -0.3 is 18.9 Å². The first-order chi connectivity index (χ1) is 8.01. The lowest BCUT2D eigenvalue weighted by Gasteiger charge is -2.23. The number of carboxylic acid groups (broad SMARTS) is 1. The number of hydrogen-bond donors (Lipinski definition) is 1. The first-order valence-corrected chi connectivity index (χ1v) is 7.36. The Labute approximate surface area is 102 Å². The SMILES string of the molecule is CCCCOC(C(=O)O)P(=O)(OCC)OCC. The number of unbranched alkanes of at least 4 members (excludes halogenated alkanes) is 1. The van der Waals surface area contributed by atoms with Gasteiger partial charge >= 0.3 is 13.6 Å². The van der Waals surface area contributed by atoms with E-state index in [1.165, 1.54) is 0 Å². The Morgan fingerprint density at radius 1 is 1.24 bits per heavy atom. The number of hydrogen-bond acceptors (Lipinski definition) is 5. The predicted octanol–water partition coefficient (Wildman–Crippen LogP) is 2.48. The van der Waals surface area contributed by atoms with E-state index >= 15 is 0 Å². The molecule has 0 heterocycles. The molecule has 7 heteroatoms. The number of ether oxygens (including phenoxy) is 1. The summed E-state index contributed by atoms with van der Waals surface area (Å²) in [5.41, 5.74) is 0. The van der Waals surface area contributed by atoms with Crippen LogP contribution in [0.5, 0.6) is 0 Å². The highest BCUT2D eigenvalue weighted by atomic mass is 31.2. The Morgan fingerprint density at radius 3 is 2.12 bits per heavy atom. The van der Waals surface area contributed by atoms with Crippen molar-refractivity contribution in [3.05, 3.63) is 0 Å². The average molecular weight is 268 g/mol. The molecule has 17 heavy (non-hydrogen) atoms. The number of carboxylic acids is 1. The van der Waals surface area contributed by atoms with Crippen molar-refractivity contribution in [1.29, 1.82) is 0 Å². The summed E-state index contributed by atoms with van der Waals surface area (Å²) in [4.78, 5) is 11.0. The molecule has 0 amide bonds. The summed E-state index contributed by atoms with van der Waals surface area (Å²) >= 11 is 0. The molecular formula is C10H21O6P. The molecule has 0 aromatic carbocycles. The van der Waals surface area contributed by atoms with E-state index in [0.29, 0.717) is 6.42 Å². The van der Waals surface area contributed by atoms with E-state index in [4.69, 9.17) is 18.9 Å². The minimum atomic E-state index is -3.75. The molecule has 1 N–H and O–H groups in total. The van der Waals surface area contributed by atoms with E-state index in [1.54, 1.807) is 13.8 Å². The van der Waals surface area contributed by atoms with Gasteiger partial charge in [-0.25, -0.2) is 4.79 Å². The van der Waals surface area contributed by atoms with Gasteiger partial charge in [0.05, 0.1) is 13.2 Å². The molecule has 6 nitrogen and oxygen atoms in total. The van der Waals surface area contributed by atoms with Crippen molar-refractivity contribution in [3.63, 3.8) is 0 Å². The van der Waals surface area contributed by atoms with Crippen LogP contribution in [-0.2, 0) is 23.1 Å². The van der Waals surface area contributed by atoms with Gasteiger partial charge in [-0.2, -0.15) is 0 Å². The monoisotopic (exact) mass is 268 g/mol. The van der Waals surface area contributed by atoms with E-state index in [2.05, 4.69) is 0 Å². The lowest BCUT2D eigenvalue weighted by atomic mass is 10.4. The lowest BCUT2D eigenvalue weighted by molar-refractivity contribution is -0.146. The van der Waals surface area contributed by atoms with Crippen LogP contribution in [0, 0.1) is 0 Å². The highest BCUT2D eigenvalue weighted by Gasteiger charge is 2.42. The van der Waals surface area contributed by atoms with Crippen LogP contribution in [0.15, 0.2) is 0 Å². The molecule has 0 aromatic heterocycles. The van der Waals surface area contributed by atoms with Crippen molar-refractivity contribution >= 4 is 13.6 Å². The summed E-state index contributed by atoms with van der Waals surface area (Å²) in [6.45, 7) is 5.63. The molecule has 0 fully saturated rings. The van der Waals surface area contributed by atoms with Crippen molar-refractivity contribution in [1.82, 2.24) is 0 Å². The molecule has 0 bridgehead atoms. The van der Waals surface area contributed by atoms with Gasteiger partial charge in [-0.3, -0.25) is 4.57 Å². The van der Waals surface area contributed by atoms with E-state index in [9.17, 15) is 9.36 Å². The second-order valence-electron chi connectivity index (χ2n) is 3.29. The van der Waals surface area contributed by atoms with Gasteiger partial charge in [0.1, 0.15) is 0 Å². The van der Waals surface area contributed by atoms with Crippen LogP contribution in [-0.4, -0.2) is 36.7 Å². The van der Waals surface area contributed by atoms with Gasteiger partial charge in [0.25, 0.3) is 5.85 Å². The molecule has 102 valence electrons. The summed E-state index contributed by atoms with van der Waals surface area (Å²) < 4.78 is 27.2. The molecule has 0 aromatic rings. The van der Waals surface area contributed by atoms with Gasteiger partial charge in [0.2, 0.25) is 0 Å². The Kier molecular flexibility index (Phi) is 8.43. The molecule has 1 unspecified atom stereocenters. The van der Waals surface area contributed by atoms with Crippen molar-refractivity contribution in [2.24, 2.45) is 0 Å². The molecule has 0 spiro atoms. The van der Waals surface area contributed by atoms with Crippen LogP contribution in [0.25, 0.3) is 0 Å². The second kappa shape index (κ2) is 8.64. The summed E-state index contributed by atoms with van der Waals surface area (Å²) in [7, 11) is -3.75. The molecule has 0 aliphatic rings. The fourth-order valence-electron chi connectivity index (χ4n) is 1.17. The second-order valence-corrected chi connectivity index (χ2v) is 5.36. The lowest BCUT2D eigenvalue weighted by Crippen LogP contribution is -2.26. The number of aliphatic carboxylic acids is 1. The first kappa shape index (κ1) is 16.6. The van der Waals surface area contributed by atoms with Crippen LogP contribution in [0.4, 0.5) is 0 Å². The quantitative estimate of drug-likeness (QED) is 0.484. The van der Waals surface area contributed by atoms with E-state index in [0.717, 1.165) is 6.42 Å². The van der Waals surface area contributed by atoms with Gasteiger partial charge in [-0.1, -0.05) is 13.3 Å². The van der Waals surface area contributed by atoms with Crippen molar-refractivity contribution in [2.45, 2.75) is 39.5 Å². The summed E-state index contributed by atoms with van der Waals surface area (Å²) in [5.74, 6) is -2.87. The third-order valence-corrected chi connectivity index (χ3v) is 4.07. The van der Waals surface area contributed by atoms with Crippen molar-refractivity contribution in [2.75, 3.05) is 19.8 Å². The summed E-state index contributed by atoms with van der Waals surface area (Å²) in [6, 6.07) is 0. The molecule has 0 aliphatic carbocycles. The van der Waals surface area contributed by atoms with Gasteiger partial charge in [0.15, 0.2) is 0 Å². The number of rotatable bonds is 10. The fourth-order valence-corrected chi connectivity index (χ4v) is 2.79. The van der Waals surface area contributed by atoms with Gasteiger partial charge in [-0.15, -0.1) is 0 Å². The van der Waals surface area contributed by atoms with Gasteiger partial charge in [0, 0.05) is 6.61 Å². The largest absolute Gasteiger partial charge is 0.479 e. The fraction of sp³-hybridized carbons (Fsp3) is 0.900. The highest BCUT2D eigenvalue weighted by molar-refractivity contribution is 7.55. The van der Waals surface area contributed by atoms with Crippen LogP contribution in [0.3, 0.4) is 0 Å². The maximum atomic E-state index is 12.2. The molecule has 0 rings (SSSR count). The summed E-state index contributed by atoms with van der Waals surface area (Å²) in [5, 5.41) is 9.00. The standard InChI is InChI=1S/C10H21O6P/c1-4-7-8-14-10(9(11)12)17(13,15-5-2)16-6-3/h10H,4-8H2,1-3H3,(H,11,12). The Hall–Kier alpha value is -0.420. The van der Waals surface area contributed by atoms with Crippen molar-refractivity contribution < 1.29 is 28.3 Å². The topological polar surface area (TPSA) is 82.1 Å². The van der Waals surface area contributed by atoms with Crippen LogP contribution >= 0.6 is 7.60 Å². The maximum Gasteiger partial charge on any atom is 0.370 e. The summed E-state index contributed by atoms with van der Waals surface area (Å²) in [6.07, 6.45) is 1.56. The third-order valence-electron chi connectivity index (χ3n) is 1.89. The molecule has 0 saturated heterocycles. The van der Waals surface area contributed by atoms with E-state index < -0.39 is 19.4 Å². The van der Waals surface area contributed by atoms with Crippen molar-refractivity contribution in [3.8, 4) is 0 Å². The Morgan fingerprint density at radius 2 is 1.76 bits per heavy atom. The molecule has 0 saturated carbocycles. The van der Waals surface area contributed by atoms with Crippen LogP contribution in [0.1, 0.15) is 33.6 Å². The average Bonchev–Trinajstić information content (AvgIpc) is 2.24. The van der Waals surface area contributed by atoms with E-state index in [1.807, 2.05) is 6.92 Å². The zero-order chi connectivity index (χ0) is 13.3. The minimum absolute atomic E-state index is 0.109. The molecular weight excluding hydrogens is 247 g/mol. The maximum absolute atomic E-state index is 12.2. The Balaban J connectivity index is 4.71. The zero-order valence-electron chi connectivity index (χ0n) is 10.5. The molecule has 1 atom stereocenters. The zero-order valence-corrected chi connectivity index (χ0v) is 11.4. The smallest absolute Gasteiger partial charge is 0.370 e. The van der Waals surface area contributed by atoms with Gasteiger partial charge in [-0.05, 0) is 20.3 Å². The Bertz CT molecular complexity index is 258. The van der Waals surface area contributed by atoms with Crippen LogP contribution < -0.4 is 0 Å². The first-order valence-electron chi connectivity index (χ1n) is 5.75. The van der Waals surface area contributed by atoms with E-state index in [-0.39, 0.29) is 19.8 Å². The molecule has 0 aliphatic heterocycles. The highest BCUT2D eigenvalue weighted by Crippen LogP contribution is 2.53. The minimum Gasteiger partial charge on any atom is -0.479 e. The normalized spacial score (nSPS) is 13.6. The predicted molar refractivity (Wildman–Crippen MR) is 63.1 cm³/mol. The third kappa shape index (κ3) is 5.64. The molecule has 0 radical (unpaired) electrons. The number of carbonyl (C=O) groups is 1. The van der Waals surface area contributed by atoms with Crippen LogP contribution in [0.2, 0.25) is 0 Å².